The Balaban J connectivity index is 1.77. The van der Waals surface area contributed by atoms with Gasteiger partial charge in [0.25, 0.3) is 5.91 Å². The van der Waals surface area contributed by atoms with Crippen molar-refractivity contribution >= 4 is 23.5 Å². The van der Waals surface area contributed by atoms with Crippen LogP contribution >= 0.6 is 11.6 Å². The van der Waals surface area contributed by atoms with Gasteiger partial charge in [0, 0.05) is 6.42 Å². The van der Waals surface area contributed by atoms with Gasteiger partial charge >= 0.3 is 6.03 Å². The number of amides is 3. The molecule has 3 heterocycles. The van der Waals surface area contributed by atoms with Gasteiger partial charge in [-0.25, -0.2) is 14.5 Å². The Morgan fingerprint density at radius 1 is 1.35 bits per heavy atom. The highest BCUT2D eigenvalue weighted by Gasteiger charge is 2.30. The third-order valence-electron chi connectivity index (χ3n) is 2.75. The molecule has 8 nitrogen and oxygen atoms in total. The van der Waals surface area contributed by atoms with E-state index in [1.165, 1.54) is 4.68 Å². The minimum Gasteiger partial charge on any atom is -0.326 e. The van der Waals surface area contributed by atoms with Crippen molar-refractivity contribution in [2.75, 3.05) is 0 Å². The topological polar surface area (TPSA) is 102 Å². The van der Waals surface area contributed by atoms with Crippen LogP contribution in [0.4, 0.5) is 4.79 Å². The van der Waals surface area contributed by atoms with Crippen molar-refractivity contribution in [3.8, 4) is 5.82 Å². The van der Waals surface area contributed by atoms with Gasteiger partial charge in [0.05, 0.1) is 11.9 Å². The largest absolute Gasteiger partial charge is 0.326 e. The van der Waals surface area contributed by atoms with Crippen molar-refractivity contribution in [1.82, 2.24) is 30.6 Å². The summed E-state index contributed by atoms with van der Waals surface area (Å²) in [5, 5.41) is 12.9. The van der Waals surface area contributed by atoms with Gasteiger partial charge in [0.15, 0.2) is 5.82 Å². The molecule has 2 aromatic heterocycles. The fourth-order valence-corrected chi connectivity index (χ4v) is 2.00. The molecule has 3 rings (SSSR count). The number of imide groups is 1. The summed E-state index contributed by atoms with van der Waals surface area (Å²) in [4.78, 5) is 26.5. The van der Waals surface area contributed by atoms with Gasteiger partial charge in [-0.1, -0.05) is 22.9 Å². The molecular formula is C11H9ClN6O2. The number of carbonyl (C=O) groups excluding carboxylic acids is 2. The highest BCUT2D eigenvalue weighted by molar-refractivity contribution is 6.29. The summed E-state index contributed by atoms with van der Waals surface area (Å²) in [7, 11) is 0. The molecule has 0 bridgehead atoms. The maximum Gasteiger partial charge on any atom is 0.322 e. The summed E-state index contributed by atoms with van der Waals surface area (Å²) in [6.45, 7) is 0. The molecule has 0 aromatic carbocycles. The molecule has 1 aliphatic heterocycles. The van der Waals surface area contributed by atoms with Crippen molar-refractivity contribution in [1.29, 1.82) is 0 Å². The number of hydrogen-bond acceptors (Lipinski definition) is 5. The Labute approximate surface area is 118 Å². The lowest BCUT2D eigenvalue weighted by Gasteiger charge is -2.02. The molecule has 9 heteroatoms. The number of carbonyl (C=O) groups is 2. The molecule has 0 aliphatic carbocycles. The summed E-state index contributed by atoms with van der Waals surface area (Å²) < 4.78 is 1.45. The second-order valence-corrected chi connectivity index (χ2v) is 4.58. The van der Waals surface area contributed by atoms with Crippen LogP contribution in [0, 0.1) is 0 Å². The lowest BCUT2D eigenvalue weighted by atomic mass is 10.2. The van der Waals surface area contributed by atoms with E-state index in [2.05, 4.69) is 25.9 Å². The molecule has 0 radical (unpaired) electrons. The fraction of sp³-hybridized carbons (Fsp3) is 0.182. The average Bonchev–Trinajstić information content (AvgIpc) is 2.97. The standard InChI is InChI=1S/C11H9ClN6O2/c12-8-2-1-3-9(14-8)18-5-6(16-17-18)4-7-10(19)15-11(20)13-7/h1-3,5,7H,4H2,(H2,13,15,19,20). The van der Waals surface area contributed by atoms with E-state index in [0.29, 0.717) is 16.7 Å². The van der Waals surface area contributed by atoms with Crippen LogP contribution in [-0.2, 0) is 11.2 Å². The van der Waals surface area contributed by atoms with Gasteiger partial charge in [-0.2, -0.15) is 0 Å². The predicted molar refractivity (Wildman–Crippen MR) is 68.3 cm³/mol. The fourth-order valence-electron chi connectivity index (χ4n) is 1.84. The predicted octanol–water partition coefficient (Wildman–Crippen LogP) is 0.0662. The highest BCUT2D eigenvalue weighted by Crippen LogP contribution is 2.10. The quantitative estimate of drug-likeness (QED) is 0.615. The molecular weight excluding hydrogens is 284 g/mol. The molecule has 2 N–H and O–H groups in total. The van der Waals surface area contributed by atoms with Crippen molar-refractivity contribution in [3.63, 3.8) is 0 Å². The number of rotatable bonds is 3. The Kier molecular flexibility index (Phi) is 3.07. The van der Waals surface area contributed by atoms with Gasteiger partial charge in [-0.3, -0.25) is 10.1 Å². The van der Waals surface area contributed by atoms with E-state index in [1.54, 1.807) is 24.4 Å². The number of aromatic nitrogens is 4. The smallest absolute Gasteiger partial charge is 0.322 e. The third kappa shape index (κ3) is 2.45. The van der Waals surface area contributed by atoms with Crippen molar-refractivity contribution in [3.05, 3.63) is 35.2 Å². The summed E-state index contributed by atoms with van der Waals surface area (Å²) >= 11 is 5.80. The Morgan fingerprint density at radius 3 is 2.90 bits per heavy atom. The first-order chi connectivity index (χ1) is 9.61. The van der Waals surface area contributed by atoms with Crippen LogP contribution < -0.4 is 10.6 Å². The summed E-state index contributed by atoms with van der Waals surface area (Å²) in [6.07, 6.45) is 1.90. The van der Waals surface area contributed by atoms with E-state index in [4.69, 9.17) is 11.6 Å². The highest BCUT2D eigenvalue weighted by atomic mass is 35.5. The molecule has 1 atom stereocenters. The second-order valence-electron chi connectivity index (χ2n) is 4.19. The number of pyridine rings is 1. The van der Waals surface area contributed by atoms with Gasteiger partial charge in [0.1, 0.15) is 11.2 Å². The normalized spacial score (nSPS) is 17.9. The monoisotopic (exact) mass is 292 g/mol. The van der Waals surface area contributed by atoms with E-state index < -0.39 is 12.1 Å². The molecule has 3 amide bonds. The lowest BCUT2D eigenvalue weighted by molar-refractivity contribution is -0.120. The van der Waals surface area contributed by atoms with Gasteiger partial charge in [-0.15, -0.1) is 5.10 Å². The number of nitrogens with zero attached hydrogens (tertiary/aromatic N) is 4. The van der Waals surface area contributed by atoms with Crippen LogP contribution in [0.5, 0.6) is 0 Å². The maximum atomic E-state index is 11.4. The summed E-state index contributed by atoms with van der Waals surface area (Å²) in [5.74, 6) is 0.154. The summed E-state index contributed by atoms with van der Waals surface area (Å²) in [5.41, 5.74) is 0.564. The molecule has 1 fully saturated rings. The number of urea groups is 1. The zero-order valence-corrected chi connectivity index (χ0v) is 10.8. The van der Waals surface area contributed by atoms with Crippen molar-refractivity contribution < 1.29 is 9.59 Å². The second kappa shape index (κ2) is 4.89. The SMILES string of the molecule is O=C1NC(=O)C(Cc2cn(-c3cccc(Cl)n3)nn2)N1. The van der Waals surface area contributed by atoms with Crippen molar-refractivity contribution in [2.24, 2.45) is 0 Å². The van der Waals surface area contributed by atoms with Gasteiger partial charge in [-0.05, 0) is 12.1 Å². The minimum atomic E-state index is -0.625. The Morgan fingerprint density at radius 2 is 2.20 bits per heavy atom. The number of halogens is 1. The Bertz CT molecular complexity index is 685. The third-order valence-corrected chi connectivity index (χ3v) is 2.96. The van der Waals surface area contributed by atoms with Crippen LogP contribution in [0.1, 0.15) is 5.69 Å². The van der Waals surface area contributed by atoms with E-state index in [9.17, 15) is 9.59 Å². The number of hydrogen-bond donors (Lipinski definition) is 2. The van der Waals surface area contributed by atoms with Crippen molar-refractivity contribution in [2.45, 2.75) is 12.5 Å². The molecule has 1 unspecified atom stereocenters. The van der Waals surface area contributed by atoms with E-state index in [0.717, 1.165) is 0 Å². The van der Waals surface area contributed by atoms with E-state index in [1.807, 2.05) is 0 Å². The first kappa shape index (κ1) is 12.5. The van der Waals surface area contributed by atoms with E-state index in [-0.39, 0.29) is 12.3 Å². The molecule has 1 aliphatic rings. The first-order valence-electron chi connectivity index (χ1n) is 5.77. The maximum absolute atomic E-state index is 11.4. The van der Waals surface area contributed by atoms with Crippen LogP contribution in [0.3, 0.4) is 0 Å². The number of nitrogens with one attached hydrogen (secondary N) is 2. The van der Waals surface area contributed by atoms with Crippen LogP contribution in [0.25, 0.3) is 5.82 Å². The van der Waals surface area contributed by atoms with E-state index >= 15 is 0 Å². The zero-order valence-electron chi connectivity index (χ0n) is 10.1. The van der Waals surface area contributed by atoms with Gasteiger partial charge < -0.3 is 5.32 Å². The first-order valence-corrected chi connectivity index (χ1v) is 6.15. The van der Waals surface area contributed by atoms with Crippen LogP contribution in [0.2, 0.25) is 5.15 Å². The summed E-state index contributed by atoms with van der Waals surface area (Å²) in [6, 6.07) is 4.01. The molecule has 1 saturated heterocycles. The minimum absolute atomic E-state index is 0.262. The molecule has 0 spiro atoms. The zero-order chi connectivity index (χ0) is 14.1. The molecule has 102 valence electrons. The lowest BCUT2D eigenvalue weighted by Crippen LogP contribution is -2.31. The molecule has 0 saturated carbocycles. The molecule has 2 aromatic rings. The van der Waals surface area contributed by atoms with Gasteiger partial charge in [0.2, 0.25) is 0 Å². The molecule has 20 heavy (non-hydrogen) atoms. The van der Waals surface area contributed by atoms with Crippen LogP contribution in [0.15, 0.2) is 24.4 Å². The Hall–Kier alpha value is -2.48. The van der Waals surface area contributed by atoms with Crippen LogP contribution in [-0.4, -0.2) is 38.0 Å². The average molecular weight is 293 g/mol.